The predicted molar refractivity (Wildman–Crippen MR) is 128 cm³/mol. The van der Waals surface area contributed by atoms with Gasteiger partial charge in [-0.05, 0) is 25.1 Å². The number of halogens is 2. The molecule has 8 nitrogen and oxygen atoms in total. The van der Waals surface area contributed by atoms with E-state index >= 15 is 0 Å². The molecule has 3 aromatic heterocycles. The maximum atomic E-state index is 6.29. The van der Waals surface area contributed by atoms with Gasteiger partial charge < -0.3 is 15.0 Å². The van der Waals surface area contributed by atoms with Crippen molar-refractivity contribution in [1.82, 2.24) is 30.5 Å². The number of aromatic amines is 1. The number of hydrogen-bond donors (Lipinski definition) is 2. The lowest BCUT2D eigenvalue weighted by atomic mass is 9.75. The first-order chi connectivity index (χ1) is 16.0. The van der Waals surface area contributed by atoms with Crippen molar-refractivity contribution >= 4 is 40.1 Å². The molecule has 5 heterocycles. The Balaban J connectivity index is 1.24. The van der Waals surface area contributed by atoms with Crippen LogP contribution < -0.4 is 15.0 Å². The fourth-order valence-electron chi connectivity index (χ4n) is 4.57. The fourth-order valence-corrected chi connectivity index (χ4v) is 5.24. The highest BCUT2D eigenvalue weighted by molar-refractivity contribution is 6.35. The molecule has 2 saturated heterocycles. The standard InChI is InChI=1S/C23H21Cl2N7O/c1-13(20-17(24)7-26-8-18(20)25)33-15-2-3-19-16(4-15)21(31-30-19)14-5-28-22(29-6-14)32-11-23(12-32)9-27-10-23/h2-8,13,27H,9-12H2,1H3,(H,30,31). The van der Waals surface area contributed by atoms with Crippen molar-refractivity contribution in [3.63, 3.8) is 0 Å². The summed E-state index contributed by atoms with van der Waals surface area (Å²) in [5.74, 6) is 1.44. The van der Waals surface area contributed by atoms with Gasteiger partial charge in [0.05, 0.1) is 15.6 Å². The Morgan fingerprint density at radius 2 is 1.79 bits per heavy atom. The van der Waals surface area contributed by atoms with Crippen LogP contribution >= 0.6 is 23.2 Å². The minimum Gasteiger partial charge on any atom is -0.486 e. The van der Waals surface area contributed by atoms with Gasteiger partial charge in [-0.1, -0.05) is 23.2 Å². The highest BCUT2D eigenvalue weighted by Gasteiger charge is 2.48. The van der Waals surface area contributed by atoms with Crippen LogP contribution in [0, 0.1) is 5.41 Å². The van der Waals surface area contributed by atoms with E-state index in [2.05, 4.69) is 35.4 Å². The van der Waals surface area contributed by atoms with Crippen LogP contribution in [0.1, 0.15) is 18.6 Å². The minimum absolute atomic E-state index is 0.353. The van der Waals surface area contributed by atoms with Crippen LogP contribution in [-0.4, -0.2) is 51.3 Å². The largest absolute Gasteiger partial charge is 0.486 e. The summed E-state index contributed by atoms with van der Waals surface area (Å²) in [6.45, 7) is 6.09. The van der Waals surface area contributed by atoms with Crippen LogP contribution in [0.5, 0.6) is 5.75 Å². The van der Waals surface area contributed by atoms with Crippen molar-refractivity contribution in [3.8, 4) is 17.0 Å². The number of anilines is 1. The summed E-state index contributed by atoms with van der Waals surface area (Å²) in [5, 5.41) is 12.8. The average molecular weight is 482 g/mol. The van der Waals surface area contributed by atoms with E-state index in [0.29, 0.717) is 26.8 Å². The topological polar surface area (TPSA) is 91.8 Å². The van der Waals surface area contributed by atoms with E-state index in [1.54, 1.807) is 12.4 Å². The second-order valence-electron chi connectivity index (χ2n) is 8.79. The van der Waals surface area contributed by atoms with E-state index < -0.39 is 0 Å². The van der Waals surface area contributed by atoms with Gasteiger partial charge in [-0.15, -0.1) is 0 Å². The summed E-state index contributed by atoms with van der Waals surface area (Å²) < 4.78 is 6.16. The molecule has 0 amide bonds. The molecular formula is C23H21Cl2N7O. The number of aromatic nitrogens is 5. The molecule has 1 spiro atoms. The molecule has 1 unspecified atom stereocenters. The smallest absolute Gasteiger partial charge is 0.225 e. The molecule has 0 saturated carbocycles. The molecule has 0 radical (unpaired) electrons. The lowest BCUT2D eigenvalue weighted by molar-refractivity contribution is 0.119. The van der Waals surface area contributed by atoms with Crippen molar-refractivity contribution in [2.24, 2.45) is 5.41 Å². The van der Waals surface area contributed by atoms with E-state index in [1.807, 2.05) is 37.5 Å². The van der Waals surface area contributed by atoms with Crippen molar-refractivity contribution in [1.29, 1.82) is 0 Å². The lowest BCUT2D eigenvalue weighted by Crippen LogP contribution is -2.71. The van der Waals surface area contributed by atoms with E-state index in [0.717, 1.165) is 54.3 Å². The zero-order chi connectivity index (χ0) is 22.6. The molecule has 2 N–H and O–H groups in total. The number of rotatable bonds is 5. The molecule has 1 atom stereocenters. The van der Waals surface area contributed by atoms with Crippen LogP contribution in [0.4, 0.5) is 5.95 Å². The third kappa shape index (κ3) is 3.58. The Morgan fingerprint density at radius 3 is 2.45 bits per heavy atom. The van der Waals surface area contributed by atoms with Gasteiger partial charge in [0.2, 0.25) is 5.95 Å². The van der Waals surface area contributed by atoms with Gasteiger partial charge in [0.25, 0.3) is 0 Å². The van der Waals surface area contributed by atoms with Gasteiger partial charge in [-0.25, -0.2) is 9.97 Å². The SMILES string of the molecule is CC(Oc1ccc2[nH]nc(-c3cnc(N4CC5(CNC5)C4)nc3)c2c1)c1c(Cl)cncc1Cl. The molecule has 1 aromatic carbocycles. The Labute approximate surface area is 200 Å². The number of H-pyrrole nitrogens is 1. The maximum Gasteiger partial charge on any atom is 0.225 e. The van der Waals surface area contributed by atoms with E-state index in [4.69, 9.17) is 27.9 Å². The molecule has 0 bridgehead atoms. The molecule has 33 heavy (non-hydrogen) atoms. The molecule has 2 aliphatic rings. The molecule has 4 aromatic rings. The van der Waals surface area contributed by atoms with Gasteiger partial charge in [0, 0.05) is 72.9 Å². The fraction of sp³-hybridized carbons (Fsp3) is 0.304. The number of nitrogens with one attached hydrogen (secondary N) is 2. The van der Waals surface area contributed by atoms with Gasteiger partial charge in [-0.2, -0.15) is 5.10 Å². The second-order valence-corrected chi connectivity index (χ2v) is 9.60. The number of pyridine rings is 1. The predicted octanol–water partition coefficient (Wildman–Crippen LogP) is 4.27. The molecule has 0 aliphatic carbocycles. The Hall–Kier alpha value is -2.94. The minimum atomic E-state index is -0.353. The number of ether oxygens (including phenoxy) is 1. The molecule has 6 rings (SSSR count). The van der Waals surface area contributed by atoms with E-state index in [1.165, 1.54) is 0 Å². The average Bonchev–Trinajstić information content (AvgIpc) is 3.15. The summed E-state index contributed by atoms with van der Waals surface area (Å²) in [5.41, 5.74) is 3.65. The quantitative estimate of drug-likeness (QED) is 0.439. The summed E-state index contributed by atoms with van der Waals surface area (Å²) in [4.78, 5) is 15.4. The van der Waals surface area contributed by atoms with Crippen molar-refractivity contribution in [3.05, 3.63) is 58.6 Å². The monoisotopic (exact) mass is 481 g/mol. The zero-order valence-electron chi connectivity index (χ0n) is 17.8. The Morgan fingerprint density at radius 1 is 1.06 bits per heavy atom. The second kappa shape index (κ2) is 7.83. The number of benzene rings is 1. The maximum absolute atomic E-state index is 6.29. The molecule has 2 fully saturated rings. The number of nitrogens with zero attached hydrogens (tertiary/aromatic N) is 5. The van der Waals surface area contributed by atoms with Gasteiger partial charge in [0.1, 0.15) is 17.5 Å². The third-order valence-corrected chi connectivity index (χ3v) is 6.99. The highest BCUT2D eigenvalue weighted by atomic mass is 35.5. The Kier molecular flexibility index (Phi) is 4.90. The van der Waals surface area contributed by atoms with Crippen LogP contribution in [0.15, 0.2) is 43.0 Å². The van der Waals surface area contributed by atoms with Crippen LogP contribution in [0.3, 0.4) is 0 Å². The van der Waals surface area contributed by atoms with Crippen molar-refractivity contribution in [2.75, 3.05) is 31.1 Å². The normalized spacial score (nSPS) is 17.6. The molecule has 168 valence electrons. The van der Waals surface area contributed by atoms with E-state index in [9.17, 15) is 0 Å². The third-order valence-electron chi connectivity index (χ3n) is 6.39. The van der Waals surface area contributed by atoms with Gasteiger partial charge in [-0.3, -0.25) is 10.1 Å². The van der Waals surface area contributed by atoms with Crippen molar-refractivity contribution in [2.45, 2.75) is 13.0 Å². The molecule has 10 heteroatoms. The van der Waals surface area contributed by atoms with Crippen molar-refractivity contribution < 1.29 is 4.74 Å². The summed E-state index contributed by atoms with van der Waals surface area (Å²) in [6, 6.07) is 5.77. The van der Waals surface area contributed by atoms with Crippen LogP contribution in [0.2, 0.25) is 10.0 Å². The highest BCUT2D eigenvalue weighted by Crippen LogP contribution is 2.37. The van der Waals surface area contributed by atoms with Crippen LogP contribution in [0.25, 0.3) is 22.2 Å². The lowest BCUT2D eigenvalue weighted by Gasteiger charge is -2.55. The Bertz CT molecular complexity index is 1310. The summed E-state index contributed by atoms with van der Waals surface area (Å²) >= 11 is 12.6. The summed E-state index contributed by atoms with van der Waals surface area (Å²) in [6.07, 6.45) is 6.43. The van der Waals surface area contributed by atoms with Gasteiger partial charge in [0.15, 0.2) is 0 Å². The summed E-state index contributed by atoms with van der Waals surface area (Å²) in [7, 11) is 0. The van der Waals surface area contributed by atoms with Crippen LogP contribution in [-0.2, 0) is 0 Å². The molecular weight excluding hydrogens is 461 g/mol. The first-order valence-corrected chi connectivity index (χ1v) is 11.5. The first-order valence-electron chi connectivity index (χ1n) is 10.7. The van der Waals surface area contributed by atoms with E-state index in [-0.39, 0.29) is 6.10 Å². The number of fused-ring (bicyclic) bond motifs is 1. The number of hydrogen-bond acceptors (Lipinski definition) is 7. The zero-order valence-corrected chi connectivity index (χ0v) is 19.4. The van der Waals surface area contributed by atoms with Gasteiger partial charge >= 0.3 is 0 Å². The molecule has 2 aliphatic heterocycles. The first kappa shape index (κ1) is 20.7.